The number of methoxy groups -OCH3 is 1. The summed E-state index contributed by atoms with van der Waals surface area (Å²) >= 11 is 0. The van der Waals surface area contributed by atoms with E-state index in [-0.39, 0.29) is 13.2 Å². The highest BCUT2D eigenvalue weighted by Crippen LogP contribution is 2.23. The molecule has 0 saturated carbocycles. The van der Waals surface area contributed by atoms with E-state index in [1.165, 1.54) is 14.2 Å². The first-order chi connectivity index (χ1) is 9.42. The SMILES string of the molecule is C=C(F)C(NC(=O)N(C)C1OCCC(O)C1CO)OC. The second kappa shape index (κ2) is 7.53. The first-order valence-corrected chi connectivity index (χ1v) is 6.23. The molecule has 8 heteroatoms. The van der Waals surface area contributed by atoms with Crippen molar-refractivity contribution in [2.24, 2.45) is 5.92 Å². The summed E-state index contributed by atoms with van der Waals surface area (Å²) < 4.78 is 23.1. The summed E-state index contributed by atoms with van der Waals surface area (Å²) in [5.41, 5.74) is 0. The molecule has 1 heterocycles. The van der Waals surface area contributed by atoms with Crippen LogP contribution < -0.4 is 5.32 Å². The van der Waals surface area contributed by atoms with Gasteiger partial charge in [-0.25, -0.2) is 9.18 Å². The average molecular weight is 292 g/mol. The Balaban J connectivity index is 2.69. The van der Waals surface area contributed by atoms with E-state index >= 15 is 0 Å². The van der Waals surface area contributed by atoms with Crippen LogP contribution in [0.2, 0.25) is 0 Å². The Bertz CT molecular complexity index is 355. The number of rotatable bonds is 5. The topological polar surface area (TPSA) is 91.3 Å². The molecule has 4 unspecified atom stereocenters. The standard InChI is InChI=1S/C12H21FN2O5/c1-7(13)10(19-3)14-12(18)15(2)11-8(6-16)9(17)4-5-20-11/h8-11,16-17H,1,4-6H2,2-3H3,(H,14,18). The van der Waals surface area contributed by atoms with E-state index in [1.54, 1.807) is 0 Å². The predicted octanol–water partition coefficient (Wildman–Crippen LogP) is -0.201. The van der Waals surface area contributed by atoms with Gasteiger partial charge in [-0.1, -0.05) is 6.58 Å². The zero-order valence-electron chi connectivity index (χ0n) is 11.6. The first-order valence-electron chi connectivity index (χ1n) is 6.23. The number of aliphatic hydroxyl groups excluding tert-OH is 2. The van der Waals surface area contributed by atoms with Gasteiger partial charge >= 0.3 is 6.03 Å². The number of halogens is 1. The Labute approximate surface area is 117 Å². The molecule has 20 heavy (non-hydrogen) atoms. The van der Waals surface area contributed by atoms with E-state index in [1.807, 2.05) is 0 Å². The Morgan fingerprint density at radius 3 is 2.85 bits per heavy atom. The highest BCUT2D eigenvalue weighted by atomic mass is 19.1. The lowest BCUT2D eigenvalue weighted by molar-refractivity contribution is -0.151. The molecule has 0 aliphatic carbocycles. The van der Waals surface area contributed by atoms with Gasteiger partial charge in [-0.15, -0.1) is 0 Å². The number of urea groups is 1. The van der Waals surface area contributed by atoms with Crippen molar-refractivity contribution >= 4 is 6.03 Å². The molecule has 116 valence electrons. The second-order valence-electron chi connectivity index (χ2n) is 4.59. The minimum atomic E-state index is -1.26. The lowest BCUT2D eigenvalue weighted by Gasteiger charge is -2.39. The van der Waals surface area contributed by atoms with Crippen molar-refractivity contribution in [3.05, 3.63) is 12.4 Å². The molecule has 1 aliphatic heterocycles. The van der Waals surface area contributed by atoms with Gasteiger partial charge in [0.15, 0.2) is 6.23 Å². The van der Waals surface area contributed by atoms with Gasteiger partial charge in [-0.05, 0) is 6.42 Å². The third-order valence-corrected chi connectivity index (χ3v) is 3.25. The van der Waals surface area contributed by atoms with Crippen LogP contribution in [-0.2, 0) is 9.47 Å². The van der Waals surface area contributed by atoms with Gasteiger partial charge in [-0.2, -0.15) is 0 Å². The summed E-state index contributed by atoms with van der Waals surface area (Å²) in [5.74, 6) is -1.45. The Morgan fingerprint density at radius 2 is 2.35 bits per heavy atom. The summed E-state index contributed by atoms with van der Waals surface area (Å²) in [6, 6.07) is -0.659. The summed E-state index contributed by atoms with van der Waals surface area (Å²) in [4.78, 5) is 13.1. The fourth-order valence-corrected chi connectivity index (χ4v) is 2.04. The molecule has 1 saturated heterocycles. The van der Waals surface area contributed by atoms with Gasteiger partial charge in [0.25, 0.3) is 0 Å². The molecule has 2 amide bonds. The van der Waals surface area contributed by atoms with Gasteiger partial charge < -0.3 is 29.9 Å². The van der Waals surface area contributed by atoms with E-state index in [0.717, 1.165) is 4.90 Å². The molecule has 0 spiro atoms. The van der Waals surface area contributed by atoms with Gasteiger partial charge in [0.1, 0.15) is 12.1 Å². The number of carbonyl (C=O) groups is 1. The minimum Gasteiger partial charge on any atom is -0.396 e. The maximum atomic E-state index is 13.0. The third kappa shape index (κ3) is 3.89. The molecule has 0 aromatic heterocycles. The largest absolute Gasteiger partial charge is 0.396 e. The summed E-state index contributed by atoms with van der Waals surface area (Å²) in [5, 5.41) is 21.3. The van der Waals surface area contributed by atoms with Crippen molar-refractivity contribution in [1.82, 2.24) is 10.2 Å². The first kappa shape index (κ1) is 16.8. The van der Waals surface area contributed by atoms with Gasteiger partial charge in [0, 0.05) is 14.2 Å². The van der Waals surface area contributed by atoms with Crippen LogP contribution >= 0.6 is 0 Å². The predicted molar refractivity (Wildman–Crippen MR) is 68.3 cm³/mol. The molecule has 0 aromatic rings. The van der Waals surface area contributed by atoms with Crippen LogP contribution in [0.5, 0.6) is 0 Å². The van der Waals surface area contributed by atoms with Crippen LogP contribution in [-0.4, -0.2) is 67.1 Å². The Kier molecular flexibility index (Phi) is 6.34. The molecular formula is C12H21FN2O5. The molecule has 7 nitrogen and oxygen atoms in total. The van der Waals surface area contributed by atoms with E-state index in [4.69, 9.17) is 9.47 Å². The zero-order chi connectivity index (χ0) is 15.3. The maximum absolute atomic E-state index is 13.0. The number of hydrogen-bond donors (Lipinski definition) is 3. The van der Waals surface area contributed by atoms with Crippen molar-refractivity contribution in [1.29, 1.82) is 0 Å². The number of hydrogen-bond acceptors (Lipinski definition) is 5. The van der Waals surface area contributed by atoms with E-state index in [9.17, 15) is 19.4 Å². The van der Waals surface area contributed by atoms with Crippen molar-refractivity contribution in [2.75, 3.05) is 27.4 Å². The maximum Gasteiger partial charge on any atom is 0.321 e. The van der Waals surface area contributed by atoms with Crippen molar-refractivity contribution in [3.8, 4) is 0 Å². The number of ether oxygens (including phenoxy) is 2. The lowest BCUT2D eigenvalue weighted by atomic mass is 9.96. The number of amides is 2. The normalized spacial score (nSPS) is 27.8. The molecule has 3 N–H and O–H groups in total. The number of nitrogens with zero attached hydrogens (tertiary/aromatic N) is 1. The highest BCUT2D eigenvalue weighted by Gasteiger charge is 2.37. The van der Waals surface area contributed by atoms with Crippen molar-refractivity contribution < 1.29 is 28.9 Å². The highest BCUT2D eigenvalue weighted by molar-refractivity contribution is 5.74. The fourth-order valence-electron chi connectivity index (χ4n) is 2.04. The molecular weight excluding hydrogens is 271 g/mol. The van der Waals surface area contributed by atoms with E-state index in [2.05, 4.69) is 11.9 Å². The number of aliphatic hydroxyl groups is 2. The van der Waals surface area contributed by atoms with E-state index in [0.29, 0.717) is 6.42 Å². The fraction of sp³-hybridized carbons (Fsp3) is 0.750. The molecule has 1 fully saturated rings. The van der Waals surface area contributed by atoms with Crippen molar-refractivity contribution in [3.63, 3.8) is 0 Å². The summed E-state index contributed by atoms with van der Waals surface area (Å²) in [6.45, 7) is 3.00. The van der Waals surface area contributed by atoms with Crippen LogP contribution in [0.1, 0.15) is 6.42 Å². The molecule has 0 aromatic carbocycles. The van der Waals surface area contributed by atoms with Gasteiger partial charge in [0.05, 0.1) is 25.2 Å². The molecule has 1 aliphatic rings. The van der Waals surface area contributed by atoms with Crippen LogP contribution in [0.25, 0.3) is 0 Å². The van der Waals surface area contributed by atoms with Crippen molar-refractivity contribution in [2.45, 2.75) is 25.0 Å². The number of carbonyl (C=O) groups excluding carboxylic acids is 1. The average Bonchev–Trinajstić information content (AvgIpc) is 2.42. The zero-order valence-corrected chi connectivity index (χ0v) is 11.6. The molecule has 0 radical (unpaired) electrons. The Morgan fingerprint density at radius 1 is 1.70 bits per heavy atom. The van der Waals surface area contributed by atoms with Crippen LogP contribution in [0, 0.1) is 5.92 Å². The lowest BCUT2D eigenvalue weighted by Crippen LogP contribution is -2.55. The summed E-state index contributed by atoms with van der Waals surface area (Å²) in [6.07, 6.45) is -2.43. The second-order valence-corrected chi connectivity index (χ2v) is 4.59. The third-order valence-electron chi connectivity index (χ3n) is 3.25. The van der Waals surface area contributed by atoms with Crippen LogP contribution in [0.15, 0.2) is 12.4 Å². The van der Waals surface area contributed by atoms with Crippen LogP contribution in [0.3, 0.4) is 0 Å². The quantitative estimate of drug-likeness (QED) is 0.610. The molecule has 1 rings (SSSR count). The monoisotopic (exact) mass is 292 g/mol. The van der Waals surface area contributed by atoms with Crippen LogP contribution in [0.4, 0.5) is 9.18 Å². The molecule has 4 atom stereocenters. The number of nitrogens with one attached hydrogen (secondary N) is 1. The smallest absolute Gasteiger partial charge is 0.321 e. The minimum absolute atomic E-state index is 0.267. The molecule has 0 bridgehead atoms. The van der Waals surface area contributed by atoms with Gasteiger partial charge in [0.2, 0.25) is 0 Å². The van der Waals surface area contributed by atoms with E-state index < -0.39 is 36.3 Å². The summed E-state index contributed by atoms with van der Waals surface area (Å²) in [7, 11) is 2.65. The van der Waals surface area contributed by atoms with Gasteiger partial charge in [-0.3, -0.25) is 0 Å². The Hall–Kier alpha value is -1.22.